The molecule has 0 aliphatic heterocycles. The van der Waals surface area contributed by atoms with Crippen LogP contribution in [0.2, 0.25) is 5.02 Å². The molecule has 0 fully saturated rings. The fraction of sp³-hybridized carbons (Fsp3) is 0.0714. The molecule has 5 heteroatoms. The van der Waals surface area contributed by atoms with E-state index in [1.54, 1.807) is 18.2 Å². The van der Waals surface area contributed by atoms with Crippen LogP contribution in [0.15, 0.2) is 36.4 Å². The molecule has 19 heavy (non-hydrogen) atoms. The fourth-order valence-electron chi connectivity index (χ4n) is 1.63. The minimum atomic E-state index is -0.728. The molecule has 0 saturated heterocycles. The molecule has 0 atom stereocenters. The first kappa shape index (κ1) is 13.4. The van der Waals surface area contributed by atoms with Crippen LogP contribution in [0, 0.1) is 12.7 Å². The molecule has 0 aromatic heterocycles. The van der Waals surface area contributed by atoms with Crippen molar-refractivity contribution in [3.05, 3.63) is 58.4 Å². The van der Waals surface area contributed by atoms with E-state index >= 15 is 0 Å². The Hall–Kier alpha value is -2.07. The Kier molecular flexibility index (Phi) is 3.71. The Bertz CT molecular complexity index is 643. The summed E-state index contributed by atoms with van der Waals surface area (Å²) in [7, 11) is 0. The molecular formula is C14H12ClFN2O. The summed E-state index contributed by atoms with van der Waals surface area (Å²) in [6.45, 7) is 1.82. The summed E-state index contributed by atoms with van der Waals surface area (Å²) < 4.78 is 13.7. The van der Waals surface area contributed by atoms with E-state index < -0.39 is 11.7 Å². The van der Waals surface area contributed by atoms with Crippen molar-refractivity contribution in [2.24, 2.45) is 0 Å². The van der Waals surface area contributed by atoms with Gasteiger partial charge in [0.05, 0.1) is 10.6 Å². The lowest BCUT2D eigenvalue weighted by molar-refractivity contribution is 0.102. The van der Waals surface area contributed by atoms with Crippen LogP contribution in [0.3, 0.4) is 0 Å². The molecule has 0 unspecified atom stereocenters. The molecule has 2 aromatic carbocycles. The zero-order chi connectivity index (χ0) is 14.0. The Morgan fingerprint density at radius 1 is 1.32 bits per heavy atom. The molecule has 0 spiro atoms. The number of carbonyl (C=O) groups excluding carboxylic acids is 1. The van der Waals surface area contributed by atoms with Gasteiger partial charge in [0.25, 0.3) is 5.91 Å². The van der Waals surface area contributed by atoms with Gasteiger partial charge in [-0.3, -0.25) is 4.79 Å². The van der Waals surface area contributed by atoms with Gasteiger partial charge in [-0.05, 0) is 42.8 Å². The summed E-state index contributed by atoms with van der Waals surface area (Å²) in [5.41, 5.74) is 7.61. The number of hydrogen-bond acceptors (Lipinski definition) is 2. The largest absolute Gasteiger partial charge is 0.399 e. The van der Waals surface area contributed by atoms with Crippen molar-refractivity contribution < 1.29 is 9.18 Å². The zero-order valence-electron chi connectivity index (χ0n) is 10.2. The summed E-state index contributed by atoms with van der Waals surface area (Å²) in [6, 6.07) is 9.34. The number of carbonyl (C=O) groups is 1. The van der Waals surface area contributed by atoms with Crippen molar-refractivity contribution in [2.45, 2.75) is 6.92 Å². The first-order valence-corrected chi connectivity index (χ1v) is 5.98. The summed E-state index contributed by atoms with van der Waals surface area (Å²) in [5, 5.41) is 2.52. The van der Waals surface area contributed by atoms with Crippen molar-refractivity contribution in [3.63, 3.8) is 0 Å². The van der Waals surface area contributed by atoms with Gasteiger partial charge in [-0.2, -0.15) is 0 Å². The van der Waals surface area contributed by atoms with E-state index in [1.807, 2.05) is 6.92 Å². The predicted molar refractivity (Wildman–Crippen MR) is 75.0 cm³/mol. The number of halogens is 2. The van der Waals surface area contributed by atoms with Crippen molar-refractivity contribution in [1.82, 2.24) is 0 Å². The van der Waals surface area contributed by atoms with E-state index in [-0.39, 0.29) is 10.6 Å². The maximum absolute atomic E-state index is 13.7. The third-order valence-corrected chi connectivity index (χ3v) is 3.02. The number of nitrogen functional groups attached to an aromatic ring is 1. The second kappa shape index (κ2) is 5.28. The van der Waals surface area contributed by atoms with Gasteiger partial charge < -0.3 is 11.1 Å². The number of benzene rings is 2. The number of anilines is 2. The second-order valence-corrected chi connectivity index (χ2v) is 4.53. The molecule has 0 aliphatic rings. The van der Waals surface area contributed by atoms with Crippen LogP contribution in [0.1, 0.15) is 15.9 Å². The average Bonchev–Trinajstić information content (AvgIpc) is 2.37. The number of aryl methyl sites for hydroxylation is 1. The van der Waals surface area contributed by atoms with Gasteiger partial charge in [0.15, 0.2) is 5.82 Å². The van der Waals surface area contributed by atoms with Gasteiger partial charge in [-0.25, -0.2) is 4.39 Å². The Morgan fingerprint density at radius 3 is 2.74 bits per heavy atom. The topological polar surface area (TPSA) is 55.1 Å². The smallest absolute Gasteiger partial charge is 0.258 e. The molecule has 2 aromatic rings. The number of nitrogens with one attached hydrogen (secondary N) is 1. The van der Waals surface area contributed by atoms with Crippen LogP contribution < -0.4 is 11.1 Å². The normalized spacial score (nSPS) is 10.3. The summed E-state index contributed by atoms with van der Waals surface area (Å²) in [5.74, 6) is -1.28. The Balaban J connectivity index is 2.26. The Labute approximate surface area is 115 Å². The minimum absolute atomic E-state index is 0.0823. The van der Waals surface area contributed by atoms with Crippen LogP contribution in [0.5, 0.6) is 0 Å². The van der Waals surface area contributed by atoms with Crippen molar-refractivity contribution >= 4 is 28.9 Å². The highest BCUT2D eigenvalue weighted by atomic mass is 35.5. The fourth-order valence-corrected chi connectivity index (χ4v) is 1.81. The lowest BCUT2D eigenvalue weighted by Crippen LogP contribution is -2.14. The molecular weight excluding hydrogens is 267 g/mol. The van der Waals surface area contributed by atoms with E-state index in [4.69, 9.17) is 17.3 Å². The molecule has 3 N–H and O–H groups in total. The van der Waals surface area contributed by atoms with Crippen LogP contribution in [0.25, 0.3) is 0 Å². The number of nitrogens with two attached hydrogens (primary N) is 1. The minimum Gasteiger partial charge on any atom is -0.399 e. The van der Waals surface area contributed by atoms with Crippen LogP contribution in [-0.2, 0) is 0 Å². The third kappa shape index (κ3) is 2.85. The maximum atomic E-state index is 13.7. The maximum Gasteiger partial charge on any atom is 0.258 e. The predicted octanol–water partition coefficient (Wildman–Crippen LogP) is 3.62. The van der Waals surface area contributed by atoms with E-state index in [0.29, 0.717) is 11.4 Å². The molecule has 2 rings (SSSR count). The molecule has 0 saturated carbocycles. The van der Waals surface area contributed by atoms with Crippen molar-refractivity contribution in [3.8, 4) is 0 Å². The quantitative estimate of drug-likeness (QED) is 0.824. The first-order chi connectivity index (χ1) is 8.99. The monoisotopic (exact) mass is 278 g/mol. The highest BCUT2D eigenvalue weighted by Crippen LogP contribution is 2.21. The van der Waals surface area contributed by atoms with E-state index in [9.17, 15) is 9.18 Å². The standard InChI is InChI=1S/C14H12ClFN2O/c1-8-7-9(5-6-12(8)17)18-14(19)10-3-2-4-11(15)13(10)16/h2-7H,17H2,1H3,(H,18,19). The van der Waals surface area contributed by atoms with Gasteiger partial charge in [0.2, 0.25) is 0 Å². The van der Waals surface area contributed by atoms with Gasteiger partial charge in [0.1, 0.15) is 0 Å². The van der Waals surface area contributed by atoms with Gasteiger partial charge in [-0.15, -0.1) is 0 Å². The lowest BCUT2D eigenvalue weighted by Gasteiger charge is -2.08. The molecule has 3 nitrogen and oxygen atoms in total. The van der Waals surface area contributed by atoms with Crippen molar-refractivity contribution in [1.29, 1.82) is 0 Å². The number of hydrogen-bond donors (Lipinski definition) is 2. The van der Waals surface area contributed by atoms with Gasteiger partial charge >= 0.3 is 0 Å². The Morgan fingerprint density at radius 2 is 2.05 bits per heavy atom. The molecule has 98 valence electrons. The highest BCUT2D eigenvalue weighted by Gasteiger charge is 2.14. The number of amides is 1. The highest BCUT2D eigenvalue weighted by molar-refractivity contribution is 6.31. The zero-order valence-corrected chi connectivity index (χ0v) is 11.0. The molecule has 1 amide bonds. The SMILES string of the molecule is Cc1cc(NC(=O)c2cccc(Cl)c2F)ccc1N. The van der Waals surface area contributed by atoms with Gasteiger partial charge in [0, 0.05) is 11.4 Å². The van der Waals surface area contributed by atoms with Crippen molar-refractivity contribution in [2.75, 3.05) is 11.1 Å². The summed E-state index contributed by atoms with van der Waals surface area (Å²) in [4.78, 5) is 11.9. The molecule has 0 aliphatic carbocycles. The molecule has 0 radical (unpaired) electrons. The van der Waals surface area contributed by atoms with Crippen LogP contribution in [-0.4, -0.2) is 5.91 Å². The van der Waals surface area contributed by atoms with Gasteiger partial charge in [-0.1, -0.05) is 17.7 Å². The summed E-state index contributed by atoms with van der Waals surface area (Å²) in [6.07, 6.45) is 0. The van der Waals surface area contributed by atoms with Crippen LogP contribution >= 0.6 is 11.6 Å². The molecule has 0 bridgehead atoms. The lowest BCUT2D eigenvalue weighted by atomic mass is 10.1. The van der Waals surface area contributed by atoms with E-state index in [2.05, 4.69) is 5.32 Å². The summed E-state index contributed by atoms with van der Waals surface area (Å²) >= 11 is 5.64. The number of rotatable bonds is 2. The van der Waals surface area contributed by atoms with Crippen LogP contribution in [0.4, 0.5) is 15.8 Å². The van der Waals surface area contributed by atoms with E-state index in [0.717, 1.165) is 5.56 Å². The first-order valence-electron chi connectivity index (χ1n) is 5.60. The van der Waals surface area contributed by atoms with E-state index in [1.165, 1.54) is 18.2 Å². The molecule has 0 heterocycles. The second-order valence-electron chi connectivity index (χ2n) is 4.13. The third-order valence-electron chi connectivity index (χ3n) is 2.72. The average molecular weight is 279 g/mol.